The molecule has 1 nitrogen and oxygen atoms in total. The summed E-state index contributed by atoms with van der Waals surface area (Å²) in [5.41, 5.74) is 0. The van der Waals surface area contributed by atoms with Crippen molar-refractivity contribution in [2.45, 2.75) is 20.3 Å². The van der Waals surface area contributed by atoms with Crippen LogP contribution in [0.2, 0.25) is 0 Å². The molecular weight excluding hydrogens is 224 g/mol. The van der Waals surface area contributed by atoms with Gasteiger partial charge in [0, 0.05) is 15.8 Å². The molecule has 0 saturated carbocycles. The van der Waals surface area contributed by atoms with E-state index in [1.54, 1.807) is 11.3 Å². The first-order valence-corrected chi connectivity index (χ1v) is 5.05. The molecule has 0 aliphatic carbocycles. The predicted octanol–water partition coefficient (Wildman–Crippen LogP) is 3.41. The van der Waals surface area contributed by atoms with Gasteiger partial charge >= 0.3 is 0 Å². The SMILES string of the molecule is CCC(=O)c1cc(Br)c(C)s1. The van der Waals surface area contributed by atoms with Crippen molar-refractivity contribution in [3.05, 3.63) is 20.3 Å². The summed E-state index contributed by atoms with van der Waals surface area (Å²) in [5, 5.41) is 0. The van der Waals surface area contributed by atoms with Crippen LogP contribution in [0.5, 0.6) is 0 Å². The van der Waals surface area contributed by atoms with E-state index in [1.807, 2.05) is 19.9 Å². The number of rotatable bonds is 2. The number of thiophene rings is 1. The van der Waals surface area contributed by atoms with Gasteiger partial charge in [-0.05, 0) is 28.9 Å². The molecule has 0 bridgehead atoms. The number of halogens is 1. The average molecular weight is 233 g/mol. The molecule has 0 fully saturated rings. The maximum Gasteiger partial charge on any atom is 0.172 e. The maximum absolute atomic E-state index is 11.2. The van der Waals surface area contributed by atoms with E-state index in [2.05, 4.69) is 15.9 Å². The minimum atomic E-state index is 0.226. The van der Waals surface area contributed by atoms with Gasteiger partial charge in [-0.1, -0.05) is 6.92 Å². The smallest absolute Gasteiger partial charge is 0.172 e. The molecule has 0 N–H and O–H groups in total. The summed E-state index contributed by atoms with van der Waals surface area (Å²) < 4.78 is 1.04. The topological polar surface area (TPSA) is 17.1 Å². The molecule has 0 atom stereocenters. The van der Waals surface area contributed by atoms with Gasteiger partial charge in [0.25, 0.3) is 0 Å². The third-order valence-electron chi connectivity index (χ3n) is 1.45. The lowest BCUT2D eigenvalue weighted by atomic mass is 10.2. The zero-order chi connectivity index (χ0) is 8.43. The Bertz CT molecular complexity index is 258. The third kappa shape index (κ3) is 1.91. The Labute approximate surface area is 78.6 Å². The molecule has 1 heterocycles. The summed E-state index contributed by atoms with van der Waals surface area (Å²) in [5.74, 6) is 0.226. The van der Waals surface area contributed by atoms with Crippen LogP contribution in [0.4, 0.5) is 0 Å². The molecule has 0 amide bonds. The Morgan fingerprint density at radius 1 is 1.73 bits per heavy atom. The lowest BCUT2D eigenvalue weighted by Gasteiger charge is -1.87. The van der Waals surface area contributed by atoms with Crippen LogP contribution >= 0.6 is 27.3 Å². The molecule has 60 valence electrons. The first kappa shape index (κ1) is 8.94. The summed E-state index contributed by atoms with van der Waals surface area (Å²) in [4.78, 5) is 13.2. The highest BCUT2D eigenvalue weighted by molar-refractivity contribution is 9.10. The first-order chi connectivity index (χ1) is 5.15. The van der Waals surface area contributed by atoms with Crippen molar-refractivity contribution in [2.75, 3.05) is 0 Å². The molecule has 0 aromatic carbocycles. The number of aryl methyl sites for hydroxylation is 1. The van der Waals surface area contributed by atoms with Crippen LogP contribution < -0.4 is 0 Å². The van der Waals surface area contributed by atoms with Crippen LogP contribution in [0.25, 0.3) is 0 Å². The van der Waals surface area contributed by atoms with Crippen molar-refractivity contribution >= 4 is 33.0 Å². The van der Waals surface area contributed by atoms with Crippen LogP contribution in [-0.2, 0) is 0 Å². The third-order valence-corrected chi connectivity index (χ3v) is 3.63. The molecule has 0 aliphatic rings. The number of hydrogen-bond donors (Lipinski definition) is 0. The largest absolute Gasteiger partial charge is 0.293 e. The molecular formula is C8H9BrOS. The summed E-state index contributed by atoms with van der Waals surface area (Å²) in [7, 11) is 0. The molecule has 0 spiro atoms. The van der Waals surface area contributed by atoms with E-state index in [4.69, 9.17) is 0 Å². The minimum Gasteiger partial charge on any atom is -0.293 e. The van der Waals surface area contributed by atoms with Crippen molar-refractivity contribution in [1.29, 1.82) is 0 Å². The van der Waals surface area contributed by atoms with Gasteiger partial charge in [0.2, 0.25) is 0 Å². The van der Waals surface area contributed by atoms with Crippen LogP contribution in [0.1, 0.15) is 27.9 Å². The van der Waals surface area contributed by atoms with Crippen molar-refractivity contribution in [2.24, 2.45) is 0 Å². The predicted molar refractivity (Wildman–Crippen MR) is 51.4 cm³/mol. The number of hydrogen-bond acceptors (Lipinski definition) is 2. The second kappa shape index (κ2) is 3.50. The van der Waals surface area contributed by atoms with Crippen LogP contribution in [0.15, 0.2) is 10.5 Å². The van der Waals surface area contributed by atoms with E-state index in [-0.39, 0.29) is 5.78 Å². The van der Waals surface area contributed by atoms with Gasteiger partial charge in [-0.3, -0.25) is 4.79 Å². The van der Waals surface area contributed by atoms with Gasteiger partial charge in [-0.2, -0.15) is 0 Å². The fraction of sp³-hybridized carbons (Fsp3) is 0.375. The fourth-order valence-corrected chi connectivity index (χ4v) is 2.32. The molecule has 0 aliphatic heterocycles. The highest BCUT2D eigenvalue weighted by Gasteiger charge is 2.08. The summed E-state index contributed by atoms with van der Waals surface area (Å²) in [6, 6.07) is 1.89. The second-order valence-electron chi connectivity index (χ2n) is 2.29. The van der Waals surface area contributed by atoms with Crippen LogP contribution in [0, 0.1) is 6.92 Å². The summed E-state index contributed by atoms with van der Waals surface area (Å²) in [6.07, 6.45) is 0.590. The van der Waals surface area contributed by atoms with E-state index < -0.39 is 0 Å². The van der Waals surface area contributed by atoms with Crippen LogP contribution in [-0.4, -0.2) is 5.78 Å². The Morgan fingerprint density at radius 2 is 2.36 bits per heavy atom. The number of Topliss-reactive ketones (excluding diaryl/α,β-unsaturated/α-hetero) is 1. The van der Waals surface area contributed by atoms with Crippen LogP contribution in [0.3, 0.4) is 0 Å². The maximum atomic E-state index is 11.2. The highest BCUT2D eigenvalue weighted by Crippen LogP contribution is 2.26. The minimum absolute atomic E-state index is 0.226. The standard InChI is InChI=1S/C8H9BrOS/c1-3-7(10)8-4-6(9)5(2)11-8/h4H,3H2,1-2H3. The molecule has 11 heavy (non-hydrogen) atoms. The van der Waals surface area contributed by atoms with E-state index in [0.29, 0.717) is 6.42 Å². The Balaban J connectivity index is 2.97. The lowest BCUT2D eigenvalue weighted by molar-refractivity contribution is 0.0992. The zero-order valence-corrected chi connectivity index (χ0v) is 8.88. The Kier molecular flexibility index (Phi) is 2.84. The van der Waals surface area contributed by atoms with Crippen molar-refractivity contribution < 1.29 is 4.79 Å². The van der Waals surface area contributed by atoms with Gasteiger partial charge in [0.1, 0.15) is 0 Å². The quantitative estimate of drug-likeness (QED) is 0.715. The van der Waals surface area contributed by atoms with E-state index in [1.165, 1.54) is 4.88 Å². The molecule has 1 rings (SSSR count). The number of carbonyl (C=O) groups excluding carboxylic acids is 1. The lowest BCUT2D eigenvalue weighted by Crippen LogP contribution is -1.90. The number of ketones is 1. The normalized spacial score (nSPS) is 10.1. The highest BCUT2D eigenvalue weighted by atomic mass is 79.9. The van der Waals surface area contributed by atoms with Crippen molar-refractivity contribution in [3.63, 3.8) is 0 Å². The second-order valence-corrected chi connectivity index (χ2v) is 4.40. The van der Waals surface area contributed by atoms with Gasteiger partial charge < -0.3 is 0 Å². The summed E-state index contributed by atoms with van der Waals surface area (Å²) in [6.45, 7) is 3.88. The monoisotopic (exact) mass is 232 g/mol. The fourth-order valence-electron chi connectivity index (χ4n) is 0.772. The Hall–Kier alpha value is -0.150. The average Bonchev–Trinajstić information content (AvgIpc) is 2.31. The van der Waals surface area contributed by atoms with Gasteiger partial charge in [-0.15, -0.1) is 11.3 Å². The molecule has 0 unspecified atom stereocenters. The van der Waals surface area contributed by atoms with E-state index in [9.17, 15) is 4.79 Å². The van der Waals surface area contributed by atoms with Crippen molar-refractivity contribution in [1.82, 2.24) is 0 Å². The molecule has 3 heteroatoms. The van der Waals surface area contributed by atoms with E-state index >= 15 is 0 Å². The zero-order valence-electron chi connectivity index (χ0n) is 6.48. The molecule has 0 radical (unpaired) electrons. The van der Waals surface area contributed by atoms with Gasteiger partial charge in [0.15, 0.2) is 5.78 Å². The first-order valence-electron chi connectivity index (χ1n) is 3.44. The molecule has 1 aromatic rings. The van der Waals surface area contributed by atoms with E-state index in [0.717, 1.165) is 9.35 Å². The van der Waals surface area contributed by atoms with Gasteiger partial charge in [0.05, 0.1) is 4.88 Å². The molecule has 0 saturated heterocycles. The summed E-state index contributed by atoms with van der Waals surface area (Å²) >= 11 is 4.92. The van der Waals surface area contributed by atoms with Gasteiger partial charge in [-0.25, -0.2) is 0 Å². The Morgan fingerprint density at radius 3 is 2.73 bits per heavy atom. The van der Waals surface area contributed by atoms with Crippen molar-refractivity contribution in [3.8, 4) is 0 Å². The number of carbonyl (C=O) groups is 1. The molecule has 1 aromatic heterocycles.